The maximum atomic E-state index is 12.4. The van der Waals surface area contributed by atoms with Crippen LogP contribution < -0.4 is 4.74 Å². The molecule has 2 aromatic carbocycles. The molecule has 0 fully saturated rings. The fourth-order valence-corrected chi connectivity index (χ4v) is 3.05. The normalized spacial score (nSPS) is 12.0. The molecule has 22 heavy (non-hydrogen) atoms. The molecule has 2 aromatic rings. The summed E-state index contributed by atoms with van der Waals surface area (Å²) < 4.78 is 31.2. The SMILES string of the molecule is COc1ccc(S(=O)(=O)N(C)C/C=C\c2ccccc2)cc1. The molecule has 0 bridgehead atoms. The number of benzene rings is 2. The number of rotatable bonds is 6. The van der Waals surface area contributed by atoms with E-state index in [1.54, 1.807) is 38.4 Å². The lowest BCUT2D eigenvalue weighted by Gasteiger charge is -2.15. The summed E-state index contributed by atoms with van der Waals surface area (Å²) in [6.45, 7) is 0.309. The monoisotopic (exact) mass is 317 g/mol. The zero-order valence-corrected chi connectivity index (χ0v) is 13.5. The molecule has 0 radical (unpaired) electrons. The van der Waals surface area contributed by atoms with Gasteiger partial charge >= 0.3 is 0 Å². The molecule has 0 unspecified atom stereocenters. The Bertz CT molecular complexity index is 722. The van der Waals surface area contributed by atoms with Crippen molar-refractivity contribution in [1.29, 1.82) is 0 Å². The van der Waals surface area contributed by atoms with Crippen molar-refractivity contribution < 1.29 is 13.2 Å². The molecule has 0 atom stereocenters. The maximum Gasteiger partial charge on any atom is 0.243 e. The first kappa shape index (κ1) is 16.3. The number of sulfonamides is 1. The van der Waals surface area contributed by atoms with Crippen molar-refractivity contribution in [2.24, 2.45) is 0 Å². The van der Waals surface area contributed by atoms with Crippen LogP contribution in [-0.2, 0) is 10.0 Å². The molecule has 5 heteroatoms. The number of hydrogen-bond donors (Lipinski definition) is 0. The average Bonchev–Trinajstić information content (AvgIpc) is 2.55. The molecule has 2 rings (SSSR count). The Balaban J connectivity index is 2.06. The number of likely N-dealkylation sites (N-methyl/N-ethyl adjacent to an activating group) is 1. The summed E-state index contributed by atoms with van der Waals surface area (Å²) >= 11 is 0. The van der Waals surface area contributed by atoms with Gasteiger partial charge in [-0.3, -0.25) is 0 Å². The highest BCUT2D eigenvalue weighted by molar-refractivity contribution is 7.89. The van der Waals surface area contributed by atoms with Crippen LogP contribution in [0.25, 0.3) is 6.08 Å². The third-order valence-corrected chi connectivity index (χ3v) is 5.08. The predicted octanol–water partition coefficient (Wildman–Crippen LogP) is 3.03. The van der Waals surface area contributed by atoms with Crippen molar-refractivity contribution in [3.05, 3.63) is 66.2 Å². The van der Waals surface area contributed by atoms with E-state index in [4.69, 9.17) is 4.74 Å². The van der Waals surface area contributed by atoms with Gasteiger partial charge in [0.2, 0.25) is 10.0 Å². The summed E-state index contributed by atoms with van der Waals surface area (Å²) in [4.78, 5) is 0.254. The fraction of sp³-hybridized carbons (Fsp3) is 0.176. The predicted molar refractivity (Wildman–Crippen MR) is 88.3 cm³/mol. The van der Waals surface area contributed by atoms with Gasteiger partial charge in [-0.05, 0) is 29.8 Å². The first-order chi connectivity index (χ1) is 10.5. The van der Waals surface area contributed by atoms with Crippen molar-refractivity contribution >= 4 is 16.1 Å². The summed E-state index contributed by atoms with van der Waals surface area (Å²) in [5, 5.41) is 0. The molecule has 0 saturated heterocycles. The van der Waals surface area contributed by atoms with E-state index in [9.17, 15) is 8.42 Å². The van der Waals surface area contributed by atoms with Crippen LogP contribution in [0.3, 0.4) is 0 Å². The molecule has 0 aliphatic rings. The minimum Gasteiger partial charge on any atom is -0.497 e. The van der Waals surface area contributed by atoms with Crippen LogP contribution in [-0.4, -0.2) is 33.4 Å². The summed E-state index contributed by atoms with van der Waals surface area (Å²) in [6, 6.07) is 16.1. The lowest BCUT2D eigenvalue weighted by atomic mass is 10.2. The molecule has 0 N–H and O–H groups in total. The highest BCUT2D eigenvalue weighted by Gasteiger charge is 2.19. The minimum atomic E-state index is -3.49. The van der Waals surface area contributed by atoms with Crippen molar-refractivity contribution in [2.75, 3.05) is 20.7 Å². The van der Waals surface area contributed by atoms with Crippen molar-refractivity contribution in [2.45, 2.75) is 4.90 Å². The summed E-state index contributed by atoms with van der Waals surface area (Å²) in [6.07, 6.45) is 3.73. The Morgan fingerprint density at radius 3 is 2.27 bits per heavy atom. The fourth-order valence-electron chi connectivity index (χ4n) is 1.93. The summed E-state index contributed by atoms with van der Waals surface area (Å²) in [5.74, 6) is 0.630. The average molecular weight is 317 g/mol. The molecular formula is C17H19NO3S. The van der Waals surface area contributed by atoms with Crippen LogP contribution in [0.1, 0.15) is 5.56 Å². The zero-order valence-electron chi connectivity index (χ0n) is 12.6. The van der Waals surface area contributed by atoms with Gasteiger partial charge in [-0.25, -0.2) is 8.42 Å². The van der Waals surface area contributed by atoms with E-state index in [2.05, 4.69) is 0 Å². The van der Waals surface area contributed by atoms with Crippen LogP contribution in [0, 0.1) is 0 Å². The standard InChI is InChI=1S/C17H19NO3S/c1-18(14-6-9-15-7-4-3-5-8-15)22(19,20)17-12-10-16(21-2)11-13-17/h3-13H,14H2,1-2H3/b9-6-. The molecule has 116 valence electrons. The minimum absolute atomic E-state index is 0.254. The molecule has 0 saturated carbocycles. The van der Waals surface area contributed by atoms with Crippen LogP contribution in [0.4, 0.5) is 0 Å². The second-order valence-electron chi connectivity index (χ2n) is 4.77. The highest BCUT2D eigenvalue weighted by atomic mass is 32.2. The number of hydrogen-bond acceptors (Lipinski definition) is 3. The van der Waals surface area contributed by atoms with Gasteiger partial charge < -0.3 is 4.74 Å². The van der Waals surface area contributed by atoms with Crippen molar-refractivity contribution in [1.82, 2.24) is 4.31 Å². The van der Waals surface area contributed by atoms with Gasteiger partial charge in [-0.15, -0.1) is 0 Å². The van der Waals surface area contributed by atoms with Crippen LogP contribution in [0.5, 0.6) is 5.75 Å². The Hall–Kier alpha value is -2.11. The quantitative estimate of drug-likeness (QED) is 0.823. The van der Waals surface area contributed by atoms with E-state index in [-0.39, 0.29) is 4.90 Å². The second-order valence-corrected chi connectivity index (χ2v) is 6.82. The van der Waals surface area contributed by atoms with Gasteiger partial charge in [0.05, 0.1) is 12.0 Å². The van der Waals surface area contributed by atoms with Crippen LogP contribution in [0.15, 0.2) is 65.6 Å². The zero-order chi connectivity index (χ0) is 16.0. The van der Waals surface area contributed by atoms with Gasteiger partial charge in [0.1, 0.15) is 5.75 Å². The van der Waals surface area contributed by atoms with E-state index in [0.29, 0.717) is 12.3 Å². The van der Waals surface area contributed by atoms with Gasteiger partial charge in [0.25, 0.3) is 0 Å². The molecule has 0 aliphatic carbocycles. The van der Waals surface area contributed by atoms with Gasteiger partial charge in [0, 0.05) is 13.6 Å². The summed E-state index contributed by atoms with van der Waals surface area (Å²) in [7, 11) is -0.382. The third kappa shape index (κ3) is 3.96. The highest BCUT2D eigenvalue weighted by Crippen LogP contribution is 2.18. The molecule has 0 aliphatic heterocycles. The van der Waals surface area contributed by atoms with E-state index < -0.39 is 10.0 Å². The third-order valence-electron chi connectivity index (χ3n) is 3.24. The van der Waals surface area contributed by atoms with E-state index in [1.165, 1.54) is 4.31 Å². The lowest BCUT2D eigenvalue weighted by molar-refractivity contribution is 0.414. The molecular weight excluding hydrogens is 298 g/mol. The smallest absolute Gasteiger partial charge is 0.243 e. The Kier molecular flexibility index (Phi) is 5.35. The molecule has 0 amide bonds. The lowest BCUT2D eigenvalue weighted by Crippen LogP contribution is -2.27. The first-order valence-corrected chi connectivity index (χ1v) is 8.30. The topological polar surface area (TPSA) is 46.6 Å². The summed E-state index contributed by atoms with van der Waals surface area (Å²) in [5.41, 5.74) is 1.04. The Morgan fingerprint density at radius 2 is 1.68 bits per heavy atom. The van der Waals surface area contributed by atoms with E-state index in [1.807, 2.05) is 42.5 Å². The molecule has 4 nitrogen and oxygen atoms in total. The van der Waals surface area contributed by atoms with Gasteiger partial charge in [-0.2, -0.15) is 4.31 Å². The number of ether oxygens (including phenoxy) is 1. The molecule has 0 heterocycles. The molecule has 0 spiro atoms. The largest absolute Gasteiger partial charge is 0.497 e. The molecule has 0 aromatic heterocycles. The van der Waals surface area contributed by atoms with Crippen LogP contribution >= 0.6 is 0 Å². The van der Waals surface area contributed by atoms with E-state index >= 15 is 0 Å². The van der Waals surface area contributed by atoms with Gasteiger partial charge in [-0.1, -0.05) is 42.5 Å². The van der Waals surface area contributed by atoms with Crippen LogP contribution in [0.2, 0.25) is 0 Å². The second kappa shape index (κ2) is 7.24. The Morgan fingerprint density at radius 1 is 1.05 bits per heavy atom. The van der Waals surface area contributed by atoms with Crippen molar-refractivity contribution in [3.8, 4) is 5.75 Å². The maximum absolute atomic E-state index is 12.4. The number of nitrogens with zero attached hydrogens (tertiary/aromatic N) is 1. The van der Waals surface area contributed by atoms with Crippen molar-refractivity contribution in [3.63, 3.8) is 0 Å². The first-order valence-electron chi connectivity index (χ1n) is 6.86. The number of methoxy groups -OCH3 is 1. The Labute approximate surface area is 131 Å². The van der Waals surface area contributed by atoms with Gasteiger partial charge in [0.15, 0.2) is 0 Å². The van der Waals surface area contributed by atoms with E-state index in [0.717, 1.165) is 5.56 Å².